The molecule has 0 spiro atoms. The van der Waals surface area contributed by atoms with E-state index >= 15 is 0 Å². The first kappa shape index (κ1) is 38.6. The monoisotopic (exact) mass is 796 g/mol. The van der Waals surface area contributed by atoms with Crippen molar-refractivity contribution in [3.8, 4) is 11.5 Å². The summed E-state index contributed by atoms with van der Waals surface area (Å²) in [7, 11) is 0. The molecule has 0 aromatic heterocycles. The Morgan fingerprint density at radius 2 is 1.14 bits per heavy atom. The molecular weight excluding hydrogens is 761 g/mol. The lowest BCUT2D eigenvalue weighted by atomic mass is 9.62. The Balaban J connectivity index is 1.26. The van der Waals surface area contributed by atoms with Crippen molar-refractivity contribution in [1.82, 2.24) is 0 Å². The molecule has 0 N–H and O–H groups in total. The smallest absolute Gasteiger partial charge is 0.347 e. The number of carbonyl (C=O) groups is 3. The van der Waals surface area contributed by atoms with E-state index in [2.05, 4.69) is 20.8 Å². The maximum atomic E-state index is 13.3. The fourth-order valence-electron chi connectivity index (χ4n) is 7.12. The Bertz CT molecular complexity index is 1620. The van der Waals surface area contributed by atoms with Crippen LogP contribution in [0.1, 0.15) is 99.8 Å². The molecule has 0 amide bonds. The van der Waals surface area contributed by atoms with Gasteiger partial charge in [-0.05, 0) is 49.7 Å². The van der Waals surface area contributed by atoms with E-state index in [0.29, 0.717) is 11.8 Å². The van der Waals surface area contributed by atoms with Crippen molar-refractivity contribution in [3.05, 3.63) is 53.4 Å². The molecule has 3 fully saturated rings. The molecule has 49 heavy (non-hydrogen) atoms. The quantitative estimate of drug-likeness (QED) is 0.0806. The molecule has 2 saturated carbocycles. The maximum Gasteiger partial charge on any atom is 0.347 e. The van der Waals surface area contributed by atoms with Crippen LogP contribution in [0.15, 0.2) is 12.1 Å². The molecule has 3 aliphatic rings. The molecule has 2 atom stereocenters. The largest absolute Gasteiger partial charge is 0.461 e. The summed E-state index contributed by atoms with van der Waals surface area (Å²) in [5.74, 6) is -1.91. The van der Waals surface area contributed by atoms with E-state index in [1.54, 1.807) is 0 Å². The van der Waals surface area contributed by atoms with E-state index in [9.17, 15) is 14.4 Å². The molecular formula is C35H38Cl6O8. The fourth-order valence-corrected chi connectivity index (χ4v) is 8.56. The Kier molecular flexibility index (Phi) is 12.2. The van der Waals surface area contributed by atoms with Gasteiger partial charge in [0, 0.05) is 10.8 Å². The molecule has 1 aliphatic heterocycles. The average Bonchev–Trinajstić information content (AvgIpc) is 3.78. The number of hydrogen-bond donors (Lipinski definition) is 0. The number of ether oxygens (including phenoxy) is 5. The number of hydrogen-bond acceptors (Lipinski definition) is 8. The molecule has 1 heterocycles. The summed E-state index contributed by atoms with van der Waals surface area (Å²) in [6.45, 7) is 8.72. The predicted molar refractivity (Wildman–Crippen MR) is 190 cm³/mol. The van der Waals surface area contributed by atoms with Crippen molar-refractivity contribution in [2.45, 2.75) is 91.5 Å². The van der Waals surface area contributed by atoms with Gasteiger partial charge in [-0.1, -0.05) is 123 Å². The summed E-state index contributed by atoms with van der Waals surface area (Å²) in [5, 5.41) is -0.535. The topological polar surface area (TPSA) is 101 Å². The predicted octanol–water partition coefficient (Wildman–Crippen LogP) is 11.1. The Morgan fingerprint density at radius 1 is 0.714 bits per heavy atom. The van der Waals surface area contributed by atoms with E-state index in [1.807, 2.05) is 6.92 Å². The SMILES string of the molecule is CCCC1CC(C)(COC(=O)c2c(Cl)c(Cl)cc(Cl)c2OC(=O)C2OC2Oc2c(Cl)cc(Cl)c(Cl)c2C(=O)OCC2(C)CC(CCC)C2)C1. The highest BCUT2D eigenvalue weighted by atomic mass is 35.5. The van der Waals surface area contributed by atoms with Crippen LogP contribution in [0.25, 0.3) is 0 Å². The lowest BCUT2D eigenvalue weighted by Crippen LogP contribution is -2.39. The highest BCUT2D eigenvalue weighted by molar-refractivity contribution is 6.46. The normalized spacial score (nSPS) is 27.1. The second-order valence-electron chi connectivity index (χ2n) is 14.1. The molecule has 2 aliphatic carbocycles. The van der Waals surface area contributed by atoms with E-state index in [1.165, 1.54) is 12.1 Å². The lowest BCUT2D eigenvalue weighted by molar-refractivity contribution is -0.135. The van der Waals surface area contributed by atoms with Crippen molar-refractivity contribution in [3.63, 3.8) is 0 Å². The van der Waals surface area contributed by atoms with Gasteiger partial charge in [0.05, 0.1) is 43.3 Å². The molecule has 2 unspecified atom stereocenters. The third-order valence-electron chi connectivity index (χ3n) is 9.40. The van der Waals surface area contributed by atoms with Gasteiger partial charge in [-0.15, -0.1) is 0 Å². The molecule has 0 radical (unpaired) electrons. The van der Waals surface area contributed by atoms with E-state index in [4.69, 9.17) is 93.3 Å². The molecule has 268 valence electrons. The summed E-state index contributed by atoms with van der Waals surface area (Å²) < 4.78 is 28.1. The van der Waals surface area contributed by atoms with Crippen molar-refractivity contribution < 1.29 is 38.1 Å². The van der Waals surface area contributed by atoms with E-state index in [-0.39, 0.29) is 76.8 Å². The summed E-state index contributed by atoms with van der Waals surface area (Å²) in [6.07, 6.45) is 5.67. The Hall–Kier alpha value is -1.65. The highest BCUT2D eigenvalue weighted by Gasteiger charge is 2.51. The second kappa shape index (κ2) is 15.5. The maximum absolute atomic E-state index is 13.3. The fraction of sp³-hybridized carbons (Fsp3) is 0.571. The summed E-state index contributed by atoms with van der Waals surface area (Å²) in [6, 6.07) is 2.55. The first-order chi connectivity index (χ1) is 23.1. The second-order valence-corrected chi connectivity index (χ2v) is 16.5. The van der Waals surface area contributed by atoms with Crippen LogP contribution in [0, 0.1) is 22.7 Å². The van der Waals surface area contributed by atoms with Crippen LogP contribution in [-0.2, 0) is 19.0 Å². The first-order valence-corrected chi connectivity index (χ1v) is 18.6. The number of carbonyl (C=O) groups excluding carboxylic acids is 3. The van der Waals surface area contributed by atoms with Crippen LogP contribution in [0.4, 0.5) is 0 Å². The molecule has 2 aromatic rings. The zero-order chi connectivity index (χ0) is 35.8. The van der Waals surface area contributed by atoms with Crippen molar-refractivity contribution in [2.75, 3.05) is 13.2 Å². The van der Waals surface area contributed by atoms with E-state index in [0.717, 1.165) is 51.4 Å². The van der Waals surface area contributed by atoms with Gasteiger partial charge in [0.1, 0.15) is 11.1 Å². The molecule has 8 nitrogen and oxygen atoms in total. The number of epoxide rings is 1. The van der Waals surface area contributed by atoms with Crippen LogP contribution in [-0.4, -0.2) is 43.5 Å². The van der Waals surface area contributed by atoms with Gasteiger partial charge in [0.15, 0.2) is 11.5 Å². The van der Waals surface area contributed by atoms with Crippen LogP contribution in [0.3, 0.4) is 0 Å². The van der Waals surface area contributed by atoms with Crippen LogP contribution in [0.5, 0.6) is 11.5 Å². The molecule has 14 heteroatoms. The Labute approximate surface area is 316 Å². The number of benzene rings is 2. The molecule has 1 saturated heterocycles. The van der Waals surface area contributed by atoms with Gasteiger partial charge >= 0.3 is 17.9 Å². The number of halogens is 6. The first-order valence-electron chi connectivity index (χ1n) is 16.3. The van der Waals surface area contributed by atoms with Crippen molar-refractivity contribution >= 4 is 87.5 Å². The minimum absolute atomic E-state index is 0.0114. The minimum atomic E-state index is -1.29. The highest BCUT2D eigenvalue weighted by Crippen LogP contribution is 2.50. The minimum Gasteiger partial charge on any atom is -0.461 e. The summed E-state index contributed by atoms with van der Waals surface area (Å²) in [5.41, 5.74) is -0.813. The zero-order valence-electron chi connectivity index (χ0n) is 27.6. The lowest BCUT2D eigenvalue weighted by Gasteiger charge is -2.44. The summed E-state index contributed by atoms with van der Waals surface area (Å²) in [4.78, 5) is 39.8. The summed E-state index contributed by atoms with van der Waals surface area (Å²) >= 11 is 38.1. The number of rotatable bonds is 14. The van der Waals surface area contributed by atoms with Gasteiger partial charge in [0.2, 0.25) is 12.4 Å². The van der Waals surface area contributed by atoms with Crippen LogP contribution in [0.2, 0.25) is 30.1 Å². The molecule has 0 bridgehead atoms. The van der Waals surface area contributed by atoms with Gasteiger partial charge in [-0.25, -0.2) is 14.4 Å². The average molecular weight is 799 g/mol. The number of esters is 3. The zero-order valence-corrected chi connectivity index (χ0v) is 32.1. The third kappa shape index (κ3) is 8.70. The molecule has 5 rings (SSSR count). The van der Waals surface area contributed by atoms with Crippen LogP contribution < -0.4 is 9.47 Å². The van der Waals surface area contributed by atoms with Gasteiger partial charge in [-0.3, -0.25) is 0 Å². The third-order valence-corrected chi connectivity index (χ3v) is 11.5. The van der Waals surface area contributed by atoms with Crippen LogP contribution >= 0.6 is 69.6 Å². The molecule has 2 aromatic carbocycles. The van der Waals surface area contributed by atoms with Crippen molar-refractivity contribution in [1.29, 1.82) is 0 Å². The Morgan fingerprint density at radius 3 is 1.59 bits per heavy atom. The van der Waals surface area contributed by atoms with Gasteiger partial charge in [-0.2, -0.15) is 0 Å². The van der Waals surface area contributed by atoms with E-state index < -0.39 is 30.3 Å². The standard InChI is InChI=1S/C35H38Cl6O8/c1-5-7-17-11-34(3,12-17)15-45-30(42)23-25(40)19(36)9-21(38)27(23)47-32(44)29-33(49-29)48-28-22(39)10-20(37)26(41)24(28)31(43)46-16-35(4)13-18(14-35)8-6-2/h9-10,17-18,29,33H,5-8,11-16H2,1-4H3. The van der Waals surface area contributed by atoms with Crippen molar-refractivity contribution in [2.24, 2.45) is 22.7 Å². The van der Waals surface area contributed by atoms with Gasteiger partial charge in [0.25, 0.3) is 0 Å². The van der Waals surface area contributed by atoms with Gasteiger partial charge < -0.3 is 23.7 Å².